The average Bonchev–Trinajstić information content (AvgIpc) is 3.43. The van der Waals surface area contributed by atoms with Crippen LogP contribution in [0.5, 0.6) is 0 Å². The van der Waals surface area contributed by atoms with Gasteiger partial charge in [-0.25, -0.2) is 9.78 Å². The van der Waals surface area contributed by atoms with Crippen LogP contribution in [0.2, 0.25) is 0 Å². The first-order valence-electron chi connectivity index (χ1n) is 10.8. The average molecular weight is 432 g/mol. The number of nitrogens with one attached hydrogen (secondary N) is 2. The van der Waals surface area contributed by atoms with Crippen LogP contribution >= 0.6 is 0 Å². The van der Waals surface area contributed by atoms with Crippen molar-refractivity contribution in [2.45, 2.75) is 39.3 Å². The standard InChI is InChI=1S/C22H24N8O2/c1-2-23-22(32)29-10-8-14-12-24-17(11-15(14)13-29)21(31)26-18-6-3-5-16(25-18)20-28-27-19-7-4-9-30(19)20/h3,5-6,11-12H,2,4,7-10,13H2,1H3,(H,23,32)(H,25,26,31). The highest BCUT2D eigenvalue weighted by Crippen LogP contribution is 2.23. The zero-order chi connectivity index (χ0) is 22.1. The van der Waals surface area contributed by atoms with Crippen molar-refractivity contribution in [3.8, 4) is 11.5 Å². The molecule has 164 valence electrons. The molecule has 0 saturated heterocycles. The Balaban J connectivity index is 1.33. The minimum atomic E-state index is -0.348. The molecule has 0 atom stereocenters. The highest BCUT2D eigenvalue weighted by Gasteiger charge is 2.23. The fourth-order valence-electron chi connectivity index (χ4n) is 4.15. The number of anilines is 1. The van der Waals surface area contributed by atoms with E-state index in [1.807, 2.05) is 19.1 Å². The van der Waals surface area contributed by atoms with Crippen LogP contribution in [-0.4, -0.2) is 54.7 Å². The Morgan fingerprint density at radius 3 is 2.91 bits per heavy atom. The predicted molar refractivity (Wildman–Crippen MR) is 117 cm³/mol. The van der Waals surface area contributed by atoms with Gasteiger partial charge in [0.05, 0.1) is 0 Å². The van der Waals surface area contributed by atoms with Gasteiger partial charge < -0.3 is 20.1 Å². The monoisotopic (exact) mass is 432 g/mol. The summed E-state index contributed by atoms with van der Waals surface area (Å²) in [5.74, 6) is 1.76. The number of aryl methyl sites for hydroxylation is 1. The van der Waals surface area contributed by atoms with Gasteiger partial charge in [0.15, 0.2) is 5.82 Å². The largest absolute Gasteiger partial charge is 0.338 e. The molecule has 0 aromatic carbocycles. The summed E-state index contributed by atoms with van der Waals surface area (Å²) in [6.07, 6.45) is 4.41. The predicted octanol–water partition coefficient (Wildman–Crippen LogP) is 2.02. The van der Waals surface area contributed by atoms with E-state index in [1.165, 1.54) is 0 Å². The topological polar surface area (TPSA) is 118 Å². The van der Waals surface area contributed by atoms with Crippen molar-refractivity contribution in [2.75, 3.05) is 18.4 Å². The van der Waals surface area contributed by atoms with E-state index in [2.05, 4.69) is 35.4 Å². The smallest absolute Gasteiger partial charge is 0.317 e. The molecule has 5 rings (SSSR count). The van der Waals surface area contributed by atoms with E-state index in [0.717, 1.165) is 36.3 Å². The third-order valence-corrected chi connectivity index (χ3v) is 5.77. The van der Waals surface area contributed by atoms with Crippen LogP contribution in [0.1, 0.15) is 40.8 Å². The Kier molecular flexibility index (Phi) is 5.26. The maximum absolute atomic E-state index is 12.9. The Morgan fingerprint density at radius 2 is 2.03 bits per heavy atom. The van der Waals surface area contributed by atoms with Crippen molar-refractivity contribution in [2.24, 2.45) is 0 Å². The molecule has 2 aliphatic rings. The highest BCUT2D eigenvalue weighted by molar-refractivity contribution is 6.02. The van der Waals surface area contributed by atoms with Crippen molar-refractivity contribution in [3.63, 3.8) is 0 Å². The lowest BCUT2D eigenvalue weighted by molar-refractivity contribution is 0.102. The lowest BCUT2D eigenvalue weighted by atomic mass is 10.0. The van der Waals surface area contributed by atoms with Crippen LogP contribution in [0.25, 0.3) is 11.5 Å². The van der Waals surface area contributed by atoms with E-state index in [1.54, 1.807) is 23.2 Å². The fraction of sp³-hybridized carbons (Fsp3) is 0.364. The molecule has 0 bridgehead atoms. The van der Waals surface area contributed by atoms with Gasteiger partial charge in [0.25, 0.3) is 5.91 Å². The summed E-state index contributed by atoms with van der Waals surface area (Å²) >= 11 is 0. The van der Waals surface area contributed by atoms with Gasteiger partial charge in [-0.05, 0) is 49.1 Å². The van der Waals surface area contributed by atoms with Gasteiger partial charge in [0.1, 0.15) is 23.0 Å². The molecule has 2 N–H and O–H groups in total. The first kappa shape index (κ1) is 20.1. The summed E-state index contributed by atoms with van der Waals surface area (Å²) in [5, 5.41) is 14.1. The van der Waals surface area contributed by atoms with Crippen molar-refractivity contribution < 1.29 is 9.59 Å². The van der Waals surface area contributed by atoms with Crippen LogP contribution in [0.15, 0.2) is 30.5 Å². The third kappa shape index (κ3) is 3.79. The Hall–Kier alpha value is -3.82. The molecule has 32 heavy (non-hydrogen) atoms. The van der Waals surface area contributed by atoms with E-state index in [9.17, 15) is 9.59 Å². The lowest BCUT2D eigenvalue weighted by Crippen LogP contribution is -2.42. The van der Waals surface area contributed by atoms with Gasteiger partial charge in [0.2, 0.25) is 0 Å². The lowest BCUT2D eigenvalue weighted by Gasteiger charge is -2.28. The van der Waals surface area contributed by atoms with Crippen LogP contribution in [0, 0.1) is 0 Å². The van der Waals surface area contributed by atoms with Gasteiger partial charge in [-0.2, -0.15) is 0 Å². The summed E-state index contributed by atoms with van der Waals surface area (Å²) in [4.78, 5) is 35.7. The number of pyridine rings is 2. The van der Waals surface area contributed by atoms with Gasteiger partial charge in [0, 0.05) is 38.8 Å². The molecule has 10 heteroatoms. The first-order chi connectivity index (χ1) is 15.6. The Morgan fingerprint density at radius 1 is 1.12 bits per heavy atom. The summed E-state index contributed by atoms with van der Waals surface area (Å²) in [5.41, 5.74) is 2.95. The van der Waals surface area contributed by atoms with Gasteiger partial charge in [-0.1, -0.05) is 6.07 Å². The third-order valence-electron chi connectivity index (χ3n) is 5.77. The van der Waals surface area contributed by atoms with Gasteiger partial charge >= 0.3 is 6.03 Å². The molecule has 0 radical (unpaired) electrons. The van der Waals surface area contributed by atoms with Crippen LogP contribution < -0.4 is 10.6 Å². The molecular weight excluding hydrogens is 408 g/mol. The van der Waals surface area contributed by atoms with E-state index in [-0.39, 0.29) is 17.6 Å². The molecule has 3 amide bonds. The maximum atomic E-state index is 12.9. The summed E-state index contributed by atoms with van der Waals surface area (Å²) in [6, 6.07) is 7.09. The number of fused-ring (bicyclic) bond motifs is 2. The minimum absolute atomic E-state index is 0.0954. The Labute approximate surface area is 185 Å². The van der Waals surface area contributed by atoms with E-state index in [4.69, 9.17) is 0 Å². The van der Waals surface area contributed by atoms with Gasteiger partial charge in [-0.15, -0.1) is 10.2 Å². The quantitative estimate of drug-likeness (QED) is 0.651. The highest BCUT2D eigenvalue weighted by atomic mass is 16.2. The summed E-state index contributed by atoms with van der Waals surface area (Å²) in [6.45, 7) is 4.44. The normalized spacial score (nSPS) is 14.6. The van der Waals surface area contributed by atoms with Gasteiger partial charge in [-0.3, -0.25) is 9.78 Å². The molecule has 10 nitrogen and oxygen atoms in total. The van der Waals surface area contributed by atoms with Crippen molar-refractivity contribution in [3.05, 3.63) is 53.1 Å². The van der Waals surface area contributed by atoms with E-state index < -0.39 is 0 Å². The molecule has 0 saturated carbocycles. The molecule has 2 aliphatic heterocycles. The SMILES string of the molecule is CCNC(=O)N1CCc2cnc(C(=O)Nc3cccc(-c4nnc5n4CCC5)n3)cc2C1. The molecule has 3 aromatic rings. The number of urea groups is 1. The molecule has 0 unspecified atom stereocenters. The van der Waals surface area contributed by atoms with Crippen molar-refractivity contribution in [1.29, 1.82) is 0 Å². The minimum Gasteiger partial charge on any atom is -0.338 e. The molecule has 0 aliphatic carbocycles. The van der Waals surface area contributed by atoms with Crippen LogP contribution in [0.3, 0.4) is 0 Å². The Bertz CT molecular complexity index is 1190. The van der Waals surface area contributed by atoms with Crippen molar-refractivity contribution >= 4 is 17.8 Å². The van der Waals surface area contributed by atoms with E-state index in [0.29, 0.717) is 43.4 Å². The summed E-state index contributed by atoms with van der Waals surface area (Å²) in [7, 11) is 0. The number of rotatable bonds is 4. The van der Waals surface area contributed by atoms with Crippen LogP contribution in [0.4, 0.5) is 10.6 Å². The second kappa shape index (κ2) is 8.37. The second-order valence-electron chi connectivity index (χ2n) is 7.90. The van der Waals surface area contributed by atoms with E-state index >= 15 is 0 Å². The number of hydrogen-bond acceptors (Lipinski definition) is 6. The molecule has 0 fully saturated rings. The number of carbonyl (C=O) groups excluding carboxylic acids is 2. The molecular formula is C22H24N8O2. The van der Waals surface area contributed by atoms with Crippen LogP contribution in [-0.2, 0) is 25.9 Å². The number of hydrogen-bond donors (Lipinski definition) is 2. The molecule has 0 spiro atoms. The number of carbonyl (C=O) groups is 2. The number of aromatic nitrogens is 5. The second-order valence-corrected chi connectivity index (χ2v) is 7.90. The molecule has 3 aromatic heterocycles. The number of nitrogens with zero attached hydrogens (tertiary/aromatic N) is 6. The maximum Gasteiger partial charge on any atom is 0.317 e. The first-order valence-corrected chi connectivity index (χ1v) is 10.8. The zero-order valence-electron chi connectivity index (χ0n) is 17.8. The number of amides is 3. The fourth-order valence-corrected chi connectivity index (χ4v) is 4.15. The zero-order valence-corrected chi connectivity index (χ0v) is 17.8. The summed E-state index contributed by atoms with van der Waals surface area (Å²) < 4.78 is 2.07. The van der Waals surface area contributed by atoms with Crippen molar-refractivity contribution in [1.82, 2.24) is 34.9 Å². The molecule has 5 heterocycles.